The van der Waals surface area contributed by atoms with Gasteiger partial charge in [0.2, 0.25) is 0 Å². The average Bonchev–Trinajstić information content (AvgIpc) is 2.58. The Labute approximate surface area is 131 Å². The van der Waals surface area contributed by atoms with Crippen LogP contribution in [0.3, 0.4) is 0 Å². The van der Waals surface area contributed by atoms with Gasteiger partial charge in [-0.05, 0) is 36.2 Å². The van der Waals surface area contributed by atoms with Crippen LogP contribution in [0.15, 0.2) is 54.6 Å². The maximum absolute atomic E-state index is 11.8. The van der Waals surface area contributed by atoms with Crippen molar-refractivity contribution in [2.24, 2.45) is 0 Å². The van der Waals surface area contributed by atoms with E-state index in [0.29, 0.717) is 12.1 Å². The summed E-state index contributed by atoms with van der Waals surface area (Å²) in [5.41, 5.74) is 2.53. The van der Waals surface area contributed by atoms with E-state index in [1.165, 1.54) is 0 Å². The smallest absolute Gasteiger partial charge is 0.251 e. The van der Waals surface area contributed by atoms with Crippen LogP contribution in [0.2, 0.25) is 0 Å². The third-order valence-electron chi connectivity index (χ3n) is 3.41. The Hall–Kier alpha value is -2.33. The fourth-order valence-corrected chi connectivity index (χ4v) is 2.18. The molecule has 2 aromatic carbocycles. The number of hydrogen-bond donors (Lipinski definition) is 3. The molecule has 2 rings (SSSR count). The van der Waals surface area contributed by atoms with Gasteiger partial charge in [0.15, 0.2) is 0 Å². The van der Waals surface area contributed by atoms with Crippen LogP contribution in [0.1, 0.15) is 35.3 Å². The second-order valence-corrected chi connectivity index (χ2v) is 5.12. The maximum atomic E-state index is 11.8. The van der Waals surface area contributed by atoms with Crippen molar-refractivity contribution in [1.82, 2.24) is 5.32 Å². The summed E-state index contributed by atoms with van der Waals surface area (Å²) in [5, 5.41) is 15.7. The molecule has 1 amide bonds. The zero-order chi connectivity index (χ0) is 15.8. The van der Waals surface area contributed by atoms with Crippen molar-refractivity contribution in [3.05, 3.63) is 65.7 Å². The monoisotopic (exact) mass is 298 g/mol. The van der Waals surface area contributed by atoms with Gasteiger partial charge in [0.25, 0.3) is 5.91 Å². The first-order valence-electron chi connectivity index (χ1n) is 7.55. The molecule has 1 atom stereocenters. The Kier molecular flexibility index (Phi) is 5.98. The van der Waals surface area contributed by atoms with E-state index in [2.05, 4.69) is 10.6 Å². The second-order valence-electron chi connectivity index (χ2n) is 5.12. The molecule has 0 radical (unpaired) electrons. The van der Waals surface area contributed by atoms with Crippen LogP contribution in [-0.4, -0.2) is 24.2 Å². The van der Waals surface area contributed by atoms with Crippen LogP contribution in [-0.2, 0) is 0 Å². The largest absolute Gasteiger partial charge is 0.394 e. The molecule has 116 valence electrons. The summed E-state index contributed by atoms with van der Waals surface area (Å²) in [7, 11) is 0. The fraction of sp³-hybridized carbons (Fsp3) is 0.278. The van der Waals surface area contributed by atoms with Gasteiger partial charge in [-0.3, -0.25) is 4.79 Å². The van der Waals surface area contributed by atoms with Crippen LogP contribution in [0.4, 0.5) is 5.69 Å². The summed E-state index contributed by atoms with van der Waals surface area (Å²) < 4.78 is 0. The third-order valence-corrected chi connectivity index (χ3v) is 3.41. The van der Waals surface area contributed by atoms with Gasteiger partial charge in [-0.15, -0.1) is 0 Å². The summed E-state index contributed by atoms with van der Waals surface area (Å²) in [6.45, 7) is 2.70. The topological polar surface area (TPSA) is 61.4 Å². The van der Waals surface area contributed by atoms with E-state index in [0.717, 1.165) is 17.7 Å². The van der Waals surface area contributed by atoms with E-state index in [4.69, 9.17) is 0 Å². The summed E-state index contributed by atoms with van der Waals surface area (Å²) >= 11 is 0. The van der Waals surface area contributed by atoms with E-state index in [1.54, 1.807) is 12.1 Å². The molecular weight excluding hydrogens is 276 g/mol. The van der Waals surface area contributed by atoms with Crippen molar-refractivity contribution < 1.29 is 9.90 Å². The van der Waals surface area contributed by atoms with Crippen LogP contribution < -0.4 is 10.6 Å². The number of rotatable bonds is 7. The van der Waals surface area contributed by atoms with E-state index >= 15 is 0 Å². The minimum Gasteiger partial charge on any atom is -0.394 e. The van der Waals surface area contributed by atoms with Crippen LogP contribution >= 0.6 is 0 Å². The fourth-order valence-electron chi connectivity index (χ4n) is 2.18. The predicted octanol–water partition coefficient (Wildman–Crippen LogP) is 2.97. The molecule has 0 spiro atoms. The standard InChI is InChI=1S/C18H22N2O2/c1-2-12-19-18(22)15-8-10-16(11-9-15)20-17(13-21)14-6-4-3-5-7-14/h3-11,17,20-21H,2,12-13H2,1H3,(H,19,22)/t17-/m1/s1. The molecule has 0 saturated heterocycles. The molecule has 0 bridgehead atoms. The van der Waals surface area contributed by atoms with E-state index in [9.17, 15) is 9.90 Å². The first-order chi connectivity index (χ1) is 10.7. The van der Waals surface area contributed by atoms with Crippen LogP contribution in [0.5, 0.6) is 0 Å². The molecule has 4 nitrogen and oxygen atoms in total. The summed E-state index contributed by atoms with van der Waals surface area (Å²) in [6, 6.07) is 16.9. The molecule has 0 aromatic heterocycles. The number of hydrogen-bond acceptors (Lipinski definition) is 3. The lowest BCUT2D eigenvalue weighted by Gasteiger charge is -2.18. The zero-order valence-electron chi connectivity index (χ0n) is 12.8. The van der Waals surface area contributed by atoms with Crippen molar-refractivity contribution in [1.29, 1.82) is 0 Å². The van der Waals surface area contributed by atoms with E-state index < -0.39 is 0 Å². The van der Waals surface area contributed by atoms with Crippen LogP contribution in [0, 0.1) is 0 Å². The van der Waals surface area contributed by atoms with Crippen molar-refractivity contribution in [3.63, 3.8) is 0 Å². The zero-order valence-corrected chi connectivity index (χ0v) is 12.8. The number of anilines is 1. The number of amides is 1. The van der Waals surface area contributed by atoms with Gasteiger partial charge >= 0.3 is 0 Å². The van der Waals surface area contributed by atoms with Crippen molar-refractivity contribution in [3.8, 4) is 0 Å². The molecule has 0 aliphatic carbocycles. The molecule has 2 aromatic rings. The van der Waals surface area contributed by atoms with Crippen molar-refractivity contribution in [2.75, 3.05) is 18.5 Å². The number of benzene rings is 2. The Morgan fingerprint density at radius 3 is 2.36 bits per heavy atom. The van der Waals surface area contributed by atoms with Gasteiger partial charge in [-0.25, -0.2) is 0 Å². The van der Waals surface area contributed by atoms with Gasteiger partial charge in [-0.1, -0.05) is 37.3 Å². The molecule has 0 fully saturated rings. The van der Waals surface area contributed by atoms with Crippen molar-refractivity contribution >= 4 is 11.6 Å². The lowest BCUT2D eigenvalue weighted by atomic mass is 10.1. The van der Waals surface area contributed by atoms with Gasteiger partial charge < -0.3 is 15.7 Å². The summed E-state index contributed by atoms with van der Waals surface area (Å²) in [4.78, 5) is 11.8. The average molecular weight is 298 g/mol. The first-order valence-corrected chi connectivity index (χ1v) is 7.55. The number of aliphatic hydroxyl groups is 1. The highest BCUT2D eigenvalue weighted by Crippen LogP contribution is 2.19. The lowest BCUT2D eigenvalue weighted by molar-refractivity contribution is 0.0953. The minimum absolute atomic E-state index is 0.00273. The Bertz CT molecular complexity index is 582. The van der Waals surface area contributed by atoms with Crippen molar-refractivity contribution in [2.45, 2.75) is 19.4 Å². The normalized spacial score (nSPS) is 11.7. The SMILES string of the molecule is CCCNC(=O)c1ccc(N[C@H](CO)c2ccccc2)cc1. The number of aliphatic hydroxyl groups excluding tert-OH is 1. The first kappa shape index (κ1) is 16.0. The number of carbonyl (C=O) groups excluding carboxylic acids is 1. The summed E-state index contributed by atoms with van der Waals surface area (Å²) in [5.74, 6) is -0.0600. The highest BCUT2D eigenvalue weighted by Gasteiger charge is 2.10. The van der Waals surface area contributed by atoms with Crippen LogP contribution in [0.25, 0.3) is 0 Å². The Morgan fingerprint density at radius 2 is 1.77 bits per heavy atom. The predicted molar refractivity (Wildman–Crippen MR) is 89.0 cm³/mol. The molecule has 0 heterocycles. The molecule has 0 unspecified atom stereocenters. The highest BCUT2D eigenvalue weighted by molar-refractivity contribution is 5.94. The molecule has 4 heteroatoms. The second kappa shape index (κ2) is 8.20. The Balaban J connectivity index is 2.02. The van der Waals surface area contributed by atoms with E-state index in [-0.39, 0.29) is 18.6 Å². The quantitative estimate of drug-likeness (QED) is 0.736. The molecule has 0 aliphatic heterocycles. The Morgan fingerprint density at radius 1 is 1.09 bits per heavy atom. The lowest BCUT2D eigenvalue weighted by Crippen LogP contribution is -2.23. The molecular formula is C18H22N2O2. The van der Waals surface area contributed by atoms with Gasteiger partial charge in [-0.2, -0.15) is 0 Å². The summed E-state index contributed by atoms with van der Waals surface area (Å²) in [6.07, 6.45) is 0.917. The maximum Gasteiger partial charge on any atom is 0.251 e. The third kappa shape index (κ3) is 4.33. The molecule has 0 aliphatic rings. The van der Waals surface area contributed by atoms with E-state index in [1.807, 2.05) is 49.4 Å². The van der Waals surface area contributed by atoms with Gasteiger partial charge in [0.05, 0.1) is 12.6 Å². The minimum atomic E-state index is -0.166. The highest BCUT2D eigenvalue weighted by atomic mass is 16.3. The number of carbonyl (C=O) groups is 1. The molecule has 3 N–H and O–H groups in total. The van der Waals surface area contributed by atoms with Gasteiger partial charge in [0, 0.05) is 17.8 Å². The number of nitrogens with one attached hydrogen (secondary N) is 2. The molecule has 22 heavy (non-hydrogen) atoms. The molecule has 0 saturated carbocycles. The van der Waals surface area contributed by atoms with Gasteiger partial charge in [0.1, 0.15) is 0 Å².